The smallest absolute Gasteiger partial charge is 0.295 e. The Morgan fingerprint density at radius 3 is 2.66 bits per heavy atom. The molecule has 2 aromatic rings. The monoisotopic (exact) mass is 396 g/mol. The average Bonchev–Trinajstić information content (AvgIpc) is 2.99. The van der Waals surface area contributed by atoms with Crippen LogP contribution in [0.25, 0.3) is 5.76 Å². The standard InChI is InChI=1S/C22H24N2O5/c1-2-11-24-19(16-5-3-6-17(14-16)29-13-4-12-25)18(21(27)22(24)28)20(26)15-7-9-23-10-8-15/h3,5-10,14,19,25-26H,2,4,11-13H2,1H3/b20-18-. The van der Waals surface area contributed by atoms with Crippen LogP contribution in [0.3, 0.4) is 0 Å². The van der Waals surface area contributed by atoms with Crippen LogP contribution in [0.1, 0.15) is 36.9 Å². The number of pyridine rings is 1. The number of likely N-dealkylation sites (tertiary alicyclic amines) is 1. The molecular formula is C22H24N2O5. The van der Waals surface area contributed by atoms with E-state index in [2.05, 4.69) is 4.98 Å². The van der Waals surface area contributed by atoms with Gasteiger partial charge in [0.2, 0.25) is 0 Å². The summed E-state index contributed by atoms with van der Waals surface area (Å²) in [5.74, 6) is -0.980. The highest BCUT2D eigenvalue weighted by Crippen LogP contribution is 2.40. The molecule has 1 fully saturated rings. The summed E-state index contributed by atoms with van der Waals surface area (Å²) < 4.78 is 5.64. The van der Waals surface area contributed by atoms with Crippen molar-refractivity contribution in [1.29, 1.82) is 0 Å². The Hall–Kier alpha value is -3.19. The topological polar surface area (TPSA) is 100.0 Å². The van der Waals surface area contributed by atoms with Crippen LogP contribution in [0.4, 0.5) is 0 Å². The zero-order valence-electron chi connectivity index (χ0n) is 16.2. The second-order valence-corrected chi connectivity index (χ2v) is 6.73. The Morgan fingerprint density at radius 1 is 1.21 bits per heavy atom. The number of aliphatic hydroxyl groups is 2. The summed E-state index contributed by atoms with van der Waals surface area (Å²) in [6, 6.07) is 9.60. The Balaban J connectivity index is 2.07. The van der Waals surface area contributed by atoms with Gasteiger partial charge in [0.05, 0.1) is 18.2 Å². The molecule has 0 spiro atoms. The zero-order valence-corrected chi connectivity index (χ0v) is 16.2. The first-order chi connectivity index (χ1) is 14.1. The van der Waals surface area contributed by atoms with Gasteiger partial charge in [0.1, 0.15) is 11.5 Å². The van der Waals surface area contributed by atoms with Crippen LogP contribution in [-0.4, -0.2) is 51.5 Å². The number of aliphatic hydroxyl groups excluding tert-OH is 2. The van der Waals surface area contributed by atoms with Crippen LogP contribution in [0, 0.1) is 0 Å². The lowest BCUT2D eigenvalue weighted by atomic mass is 9.95. The number of ketones is 1. The summed E-state index contributed by atoms with van der Waals surface area (Å²) in [6.45, 7) is 2.69. The quantitative estimate of drug-likeness (QED) is 0.308. The Labute approximate surface area is 169 Å². The number of hydrogen-bond donors (Lipinski definition) is 2. The number of nitrogens with zero attached hydrogens (tertiary/aromatic N) is 2. The molecule has 1 aliphatic heterocycles. The summed E-state index contributed by atoms with van der Waals surface area (Å²) in [7, 11) is 0. The highest BCUT2D eigenvalue weighted by atomic mass is 16.5. The van der Waals surface area contributed by atoms with E-state index in [1.54, 1.807) is 36.4 Å². The Bertz CT molecular complexity index is 910. The summed E-state index contributed by atoms with van der Waals surface area (Å²) in [4.78, 5) is 30.9. The van der Waals surface area contributed by atoms with Gasteiger partial charge in [0, 0.05) is 37.5 Å². The number of Topliss-reactive ketones (excluding diaryl/α,β-unsaturated/α-hetero) is 1. The van der Waals surface area contributed by atoms with Crippen molar-refractivity contribution in [3.8, 4) is 5.75 Å². The number of carbonyl (C=O) groups excluding carboxylic acids is 2. The lowest BCUT2D eigenvalue weighted by Gasteiger charge is -2.25. The van der Waals surface area contributed by atoms with Crippen LogP contribution < -0.4 is 4.74 Å². The molecule has 1 atom stereocenters. The van der Waals surface area contributed by atoms with Crippen molar-refractivity contribution < 1.29 is 24.5 Å². The molecule has 0 saturated carbocycles. The predicted octanol–water partition coefficient (Wildman–Crippen LogP) is 2.67. The Morgan fingerprint density at radius 2 is 1.97 bits per heavy atom. The van der Waals surface area contributed by atoms with Crippen LogP contribution in [0.2, 0.25) is 0 Å². The van der Waals surface area contributed by atoms with Crippen LogP contribution >= 0.6 is 0 Å². The molecule has 3 rings (SSSR count). The first-order valence-corrected chi connectivity index (χ1v) is 9.61. The van der Waals surface area contributed by atoms with E-state index in [0.717, 1.165) is 0 Å². The lowest BCUT2D eigenvalue weighted by Crippen LogP contribution is -2.30. The van der Waals surface area contributed by atoms with Crippen molar-refractivity contribution >= 4 is 17.4 Å². The SMILES string of the molecule is CCCN1C(=O)C(=O)/C(=C(\O)c2ccncc2)C1c1cccc(OCCCO)c1. The van der Waals surface area contributed by atoms with Crippen molar-refractivity contribution in [2.75, 3.05) is 19.8 Å². The molecule has 1 amide bonds. The van der Waals surface area contributed by atoms with Gasteiger partial charge in [-0.05, 0) is 36.2 Å². The van der Waals surface area contributed by atoms with Crippen molar-refractivity contribution in [2.45, 2.75) is 25.8 Å². The van der Waals surface area contributed by atoms with E-state index in [1.165, 1.54) is 17.3 Å². The number of benzene rings is 1. The van der Waals surface area contributed by atoms with Crippen LogP contribution in [-0.2, 0) is 9.59 Å². The van der Waals surface area contributed by atoms with Gasteiger partial charge in [0.25, 0.3) is 11.7 Å². The van der Waals surface area contributed by atoms with Gasteiger partial charge in [-0.3, -0.25) is 14.6 Å². The molecule has 2 N–H and O–H groups in total. The summed E-state index contributed by atoms with van der Waals surface area (Å²) in [6.07, 6.45) is 4.20. The van der Waals surface area contributed by atoms with Gasteiger partial charge < -0.3 is 19.8 Å². The molecule has 1 aromatic carbocycles. The fourth-order valence-electron chi connectivity index (χ4n) is 3.39. The van der Waals surface area contributed by atoms with E-state index in [-0.39, 0.29) is 17.9 Å². The van der Waals surface area contributed by atoms with E-state index in [4.69, 9.17) is 9.84 Å². The third kappa shape index (κ3) is 4.30. The molecule has 1 saturated heterocycles. The zero-order chi connectivity index (χ0) is 20.8. The van der Waals surface area contributed by atoms with Crippen molar-refractivity contribution in [3.05, 3.63) is 65.5 Å². The van der Waals surface area contributed by atoms with E-state index in [0.29, 0.717) is 42.9 Å². The average molecular weight is 396 g/mol. The highest BCUT2D eigenvalue weighted by molar-refractivity contribution is 6.46. The molecule has 0 radical (unpaired) electrons. The van der Waals surface area contributed by atoms with E-state index >= 15 is 0 Å². The van der Waals surface area contributed by atoms with Crippen molar-refractivity contribution in [3.63, 3.8) is 0 Å². The molecule has 0 bridgehead atoms. The maximum absolute atomic E-state index is 12.8. The number of ether oxygens (including phenoxy) is 1. The molecule has 7 nitrogen and oxygen atoms in total. The van der Waals surface area contributed by atoms with E-state index < -0.39 is 17.7 Å². The summed E-state index contributed by atoms with van der Waals surface area (Å²) >= 11 is 0. The third-order valence-electron chi connectivity index (χ3n) is 4.70. The maximum atomic E-state index is 12.8. The van der Waals surface area contributed by atoms with Gasteiger partial charge in [-0.15, -0.1) is 0 Å². The molecule has 7 heteroatoms. The number of hydrogen-bond acceptors (Lipinski definition) is 6. The second kappa shape index (κ2) is 9.34. The van der Waals surface area contributed by atoms with Gasteiger partial charge in [-0.1, -0.05) is 19.1 Å². The summed E-state index contributed by atoms with van der Waals surface area (Å²) in [5.41, 5.74) is 1.16. The minimum absolute atomic E-state index is 0.0300. The van der Waals surface area contributed by atoms with Gasteiger partial charge >= 0.3 is 0 Å². The summed E-state index contributed by atoms with van der Waals surface area (Å²) in [5, 5.41) is 19.8. The number of aromatic nitrogens is 1. The second-order valence-electron chi connectivity index (χ2n) is 6.73. The molecular weight excluding hydrogens is 372 g/mol. The van der Waals surface area contributed by atoms with Crippen molar-refractivity contribution in [1.82, 2.24) is 9.88 Å². The molecule has 152 valence electrons. The minimum Gasteiger partial charge on any atom is -0.507 e. The largest absolute Gasteiger partial charge is 0.507 e. The van der Waals surface area contributed by atoms with Gasteiger partial charge in [0.15, 0.2) is 0 Å². The van der Waals surface area contributed by atoms with E-state index in [9.17, 15) is 14.7 Å². The number of amides is 1. The van der Waals surface area contributed by atoms with Crippen molar-refractivity contribution in [2.24, 2.45) is 0 Å². The number of carbonyl (C=O) groups is 2. The first kappa shape index (κ1) is 20.5. The van der Waals surface area contributed by atoms with Crippen LogP contribution in [0.5, 0.6) is 5.75 Å². The third-order valence-corrected chi connectivity index (χ3v) is 4.70. The maximum Gasteiger partial charge on any atom is 0.295 e. The molecule has 29 heavy (non-hydrogen) atoms. The van der Waals surface area contributed by atoms with E-state index in [1.807, 2.05) is 6.92 Å². The molecule has 1 aromatic heterocycles. The normalized spacial score (nSPS) is 18.3. The predicted molar refractivity (Wildman–Crippen MR) is 107 cm³/mol. The fraction of sp³-hybridized carbons (Fsp3) is 0.318. The minimum atomic E-state index is -0.704. The highest BCUT2D eigenvalue weighted by Gasteiger charge is 2.45. The molecule has 1 unspecified atom stereocenters. The van der Waals surface area contributed by atoms with Crippen LogP contribution in [0.15, 0.2) is 54.4 Å². The van der Waals surface area contributed by atoms with Gasteiger partial charge in [-0.2, -0.15) is 0 Å². The number of rotatable bonds is 8. The fourth-order valence-corrected chi connectivity index (χ4v) is 3.39. The molecule has 1 aliphatic rings. The lowest BCUT2D eigenvalue weighted by molar-refractivity contribution is -0.139. The Kier molecular flexibility index (Phi) is 6.61. The molecule has 2 heterocycles. The first-order valence-electron chi connectivity index (χ1n) is 9.61. The van der Waals surface area contributed by atoms with Gasteiger partial charge in [-0.25, -0.2) is 0 Å². The molecule has 0 aliphatic carbocycles.